The van der Waals surface area contributed by atoms with Crippen molar-refractivity contribution < 1.29 is 5.21 Å². The van der Waals surface area contributed by atoms with Crippen molar-refractivity contribution in [3.05, 3.63) is 54.1 Å². The minimum Gasteiger partial charge on any atom is -0.411 e. The maximum absolute atomic E-state index is 9.18. The molecule has 5 heteroatoms. The summed E-state index contributed by atoms with van der Waals surface area (Å²) in [5, 5.41) is 12.6. The third-order valence-electron chi connectivity index (χ3n) is 3.47. The normalized spacial score (nSPS) is 16.8. The average Bonchev–Trinajstić information content (AvgIpc) is 2.68. The minimum absolute atomic E-state index is 0.663. The van der Waals surface area contributed by atoms with E-state index < -0.39 is 0 Å². The van der Waals surface area contributed by atoms with Gasteiger partial charge in [0.25, 0.3) is 0 Å². The Morgan fingerprint density at radius 2 is 1.95 bits per heavy atom. The molecule has 0 atom stereocenters. The van der Waals surface area contributed by atoms with Gasteiger partial charge in [0.15, 0.2) is 0 Å². The summed E-state index contributed by atoms with van der Waals surface area (Å²) in [7, 11) is 0. The monoisotopic (exact) mass is 268 g/mol. The highest BCUT2D eigenvalue weighted by atomic mass is 16.4. The molecule has 102 valence electrons. The number of oxime groups is 1. The first kappa shape index (κ1) is 12.6. The number of rotatable bonds is 2. The van der Waals surface area contributed by atoms with Crippen molar-refractivity contribution in [2.75, 3.05) is 11.4 Å². The largest absolute Gasteiger partial charge is 0.411 e. The molecule has 1 aliphatic rings. The van der Waals surface area contributed by atoms with Gasteiger partial charge in [-0.2, -0.15) is 0 Å². The van der Waals surface area contributed by atoms with Crippen molar-refractivity contribution in [1.82, 2.24) is 9.97 Å². The number of anilines is 1. The van der Waals surface area contributed by atoms with Crippen LogP contribution in [0.4, 0.5) is 5.69 Å². The molecular formula is C15H16N4O. The maximum atomic E-state index is 9.18. The van der Waals surface area contributed by atoms with Crippen LogP contribution in [-0.4, -0.2) is 27.4 Å². The van der Waals surface area contributed by atoms with Crippen LogP contribution in [-0.2, 0) is 6.54 Å². The highest BCUT2D eigenvalue weighted by Crippen LogP contribution is 2.27. The van der Waals surface area contributed by atoms with E-state index >= 15 is 0 Å². The molecule has 3 rings (SSSR count). The fourth-order valence-electron chi connectivity index (χ4n) is 2.54. The molecule has 1 aromatic heterocycles. The zero-order chi connectivity index (χ0) is 13.8. The number of nitrogens with zero attached hydrogens (tertiary/aromatic N) is 4. The minimum atomic E-state index is 0.663. The number of aromatic nitrogens is 2. The van der Waals surface area contributed by atoms with Gasteiger partial charge >= 0.3 is 0 Å². The summed E-state index contributed by atoms with van der Waals surface area (Å²) < 4.78 is 0. The lowest BCUT2D eigenvalue weighted by atomic mass is 10.1. The predicted octanol–water partition coefficient (Wildman–Crippen LogP) is 2.46. The van der Waals surface area contributed by atoms with Crippen LogP contribution in [0.3, 0.4) is 0 Å². The van der Waals surface area contributed by atoms with E-state index in [0.717, 1.165) is 42.2 Å². The molecule has 1 aromatic carbocycles. The first-order valence-corrected chi connectivity index (χ1v) is 6.69. The molecule has 0 fully saturated rings. The SMILES string of the molecule is O/N=C1/CCCN(Cc2ncccn2)c2ccccc21. The van der Waals surface area contributed by atoms with Crippen LogP contribution in [0.25, 0.3) is 0 Å². The average molecular weight is 268 g/mol. The summed E-state index contributed by atoms with van der Waals surface area (Å²) in [6.07, 6.45) is 5.24. The van der Waals surface area contributed by atoms with Crippen LogP contribution >= 0.6 is 0 Å². The maximum Gasteiger partial charge on any atom is 0.147 e. The molecule has 0 saturated carbocycles. The molecule has 0 amide bonds. The van der Waals surface area contributed by atoms with Gasteiger partial charge in [-0.05, 0) is 25.0 Å². The standard InChI is InChI=1S/C15H16N4O/c20-18-13-6-3-10-19(11-15-16-8-4-9-17-15)14-7-2-1-5-12(13)14/h1-2,4-5,7-9,20H,3,6,10-11H2/b18-13-. The van der Waals surface area contributed by atoms with Gasteiger partial charge in [0, 0.05) is 30.2 Å². The summed E-state index contributed by atoms with van der Waals surface area (Å²) >= 11 is 0. The molecule has 0 saturated heterocycles. The van der Waals surface area contributed by atoms with Gasteiger partial charge < -0.3 is 10.1 Å². The quantitative estimate of drug-likeness (QED) is 0.671. The molecule has 0 unspecified atom stereocenters. The lowest BCUT2D eigenvalue weighted by molar-refractivity contribution is 0.318. The molecule has 0 aliphatic carbocycles. The zero-order valence-electron chi connectivity index (χ0n) is 11.1. The molecule has 5 nitrogen and oxygen atoms in total. The molecule has 0 radical (unpaired) electrons. The predicted molar refractivity (Wildman–Crippen MR) is 77.1 cm³/mol. The van der Waals surface area contributed by atoms with Crippen molar-refractivity contribution in [2.45, 2.75) is 19.4 Å². The summed E-state index contributed by atoms with van der Waals surface area (Å²) in [6.45, 7) is 1.56. The molecule has 1 N–H and O–H groups in total. The lowest BCUT2D eigenvalue weighted by Gasteiger charge is -2.23. The molecule has 2 heterocycles. The Labute approximate surface area is 117 Å². The lowest BCUT2D eigenvalue weighted by Crippen LogP contribution is -2.24. The zero-order valence-corrected chi connectivity index (χ0v) is 11.1. The Hall–Kier alpha value is -2.43. The van der Waals surface area contributed by atoms with Gasteiger partial charge in [0.1, 0.15) is 5.82 Å². The van der Waals surface area contributed by atoms with Gasteiger partial charge in [-0.25, -0.2) is 9.97 Å². The Bertz CT molecular complexity index is 612. The van der Waals surface area contributed by atoms with E-state index in [-0.39, 0.29) is 0 Å². The second-order valence-electron chi connectivity index (χ2n) is 4.75. The van der Waals surface area contributed by atoms with Crippen molar-refractivity contribution in [1.29, 1.82) is 0 Å². The van der Waals surface area contributed by atoms with Gasteiger partial charge in [0.05, 0.1) is 12.3 Å². The summed E-state index contributed by atoms with van der Waals surface area (Å²) in [5.74, 6) is 0.798. The van der Waals surface area contributed by atoms with E-state index in [9.17, 15) is 5.21 Å². The highest BCUT2D eigenvalue weighted by molar-refractivity contribution is 6.05. The van der Waals surface area contributed by atoms with Crippen LogP contribution in [0, 0.1) is 0 Å². The number of para-hydroxylation sites is 1. The van der Waals surface area contributed by atoms with Crippen LogP contribution in [0.2, 0.25) is 0 Å². The molecular weight excluding hydrogens is 252 g/mol. The molecule has 20 heavy (non-hydrogen) atoms. The second-order valence-corrected chi connectivity index (χ2v) is 4.75. The van der Waals surface area contributed by atoms with Crippen LogP contribution < -0.4 is 4.90 Å². The molecule has 1 aliphatic heterocycles. The van der Waals surface area contributed by atoms with E-state index in [1.807, 2.05) is 24.3 Å². The fourth-order valence-corrected chi connectivity index (χ4v) is 2.54. The Morgan fingerprint density at radius 1 is 1.15 bits per heavy atom. The van der Waals surface area contributed by atoms with Crippen LogP contribution in [0.1, 0.15) is 24.2 Å². The van der Waals surface area contributed by atoms with E-state index in [0.29, 0.717) is 6.54 Å². The van der Waals surface area contributed by atoms with E-state index in [1.165, 1.54) is 0 Å². The first-order chi connectivity index (χ1) is 9.88. The first-order valence-electron chi connectivity index (χ1n) is 6.69. The third kappa shape index (κ3) is 2.47. The fraction of sp³-hybridized carbons (Fsp3) is 0.267. The van der Waals surface area contributed by atoms with Crippen molar-refractivity contribution in [3.8, 4) is 0 Å². The van der Waals surface area contributed by atoms with Gasteiger partial charge in [-0.1, -0.05) is 23.4 Å². The number of hydrogen-bond donors (Lipinski definition) is 1. The highest BCUT2D eigenvalue weighted by Gasteiger charge is 2.20. The van der Waals surface area contributed by atoms with Crippen molar-refractivity contribution in [3.63, 3.8) is 0 Å². The molecule has 0 bridgehead atoms. The van der Waals surface area contributed by atoms with Crippen molar-refractivity contribution in [2.24, 2.45) is 5.16 Å². The van der Waals surface area contributed by atoms with Gasteiger partial charge in [-0.3, -0.25) is 0 Å². The van der Waals surface area contributed by atoms with E-state index in [2.05, 4.69) is 26.1 Å². The molecule has 0 spiro atoms. The Kier molecular flexibility index (Phi) is 3.58. The van der Waals surface area contributed by atoms with E-state index in [1.54, 1.807) is 12.4 Å². The van der Waals surface area contributed by atoms with Gasteiger partial charge in [0.2, 0.25) is 0 Å². The van der Waals surface area contributed by atoms with E-state index in [4.69, 9.17) is 0 Å². The van der Waals surface area contributed by atoms with Crippen LogP contribution in [0.5, 0.6) is 0 Å². The Balaban J connectivity index is 1.95. The summed E-state index contributed by atoms with van der Waals surface area (Å²) in [6, 6.07) is 9.82. The van der Waals surface area contributed by atoms with Crippen molar-refractivity contribution >= 4 is 11.4 Å². The van der Waals surface area contributed by atoms with Gasteiger partial charge in [-0.15, -0.1) is 0 Å². The summed E-state index contributed by atoms with van der Waals surface area (Å²) in [4.78, 5) is 10.8. The Morgan fingerprint density at radius 3 is 2.75 bits per heavy atom. The topological polar surface area (TPSA) is 61.6 Å². The molecule has 2 aromatic rings. The third-order valence-corrected chi connectivity index (χ3v) is 3.47. The second kappa shape index (κ2) is 5.69. The smallest absolute Gasteiger partial charge is 0.147 e. The number of fused-ring (bicyclic) bond motifs is 1. The van der Waals surface area contributed by atoms with Crippen LogP contribution in [0.15, 0.2) is 47.9 Å². The summed E-state index contributed by atoms with van der Waals surface area (Å²) in [5.41, 5.74) is 2.81. The number of benzene rings is 1. The number of hydrogen-bond acceptors (Lipinski definition) is 5.